The van der Waals surface area contributed by atoms with Crippen LogP contribution in [0.4, 0.5) is 5.69 Å². The quantitative estimate of drug-likeness (QED) is 0.651. The summed E-state index contributed by atoms with van der Waals surface area (Å²) in [5.41, 5.74) is 0.422. The van der Waals surface area contributed by atoms with Crippen molar-refractivity contribution in [1.82, 2.24) is 5.32 Å². The van der Waals surface area contributed by atoms with Crippen molar-refractivity contribution >= 4 is 11.7 Å². The van der Waals surface area contributed by atoms with E-state index < -0.39 is 11.5 Å². The molecule has 0 amide bonds. The van der Waals surface area contributed by atoms with E-state index in [-0.39, 0.29) is 0 Å². The first-order chi connectivity index (χ1) is 10.0. The predicted octanol–water partition coefficient (Wildman–Crippen LogP) is 3.14. The molecular weight excluding hydrogens is 264 g/mol. The molecule has 0 aliphatic heterocycles. The fourth-order valence-corrected chi connectivity index (χ4v) is 2.55. The van der Waals surface area contributed by atoms with Gasteiger partial charge in [0, 0.05) is 18.8 Å². The van der Waals surface area contributed by atoms with E-state index in [1.54, 1.807) is 6.92 Å². The highest BCUT2D eigenvalue weighted by atomic mass is 16.4. The number of rotatable bonds is 10. The molecule has 4 nitrogen and oxygen atoms in total. The Morgan fingerprint density at radius 1 is 1.24 bits per heavy atom. The largest absolute Gasteiger partial charge is 0.480 e. The number of carbonyl (C=O) groups is 1. The molecule has 118 valence electrons. The van der Waals surface area contributed by atoms with E-state index in [1.807, 2.05) is 25.1 Å². The molecule has 0 aliphatic carbocycles. The molecule has 21 heavy (non-hydrogen) atoms. The Bertz CT molecular complexity index is 422. The lowest BCUT2D eigenvalue weighted by Crippen LogP contribution is -2.49. The molecule has 0 fully saturated rings. The van der Waals surface area contributed by atoms with Gasteiger partial charge in [-0.25, -0.2) is 0 Å². The van der Waals surface area contributed by atoms with Crippen LogP contribution in [0, 0.1) is 0 Å². The molecule has 0 bridgehead atoms. The van der Waals surface area contributed by atoms with Crippen molar-refractivity contribution in [2.24, 2.45) is 0 Å². The summed E-state index contributed by atoms with van der Waals surface area (Å²) in [7, 11) is 0. The summed E-state index contributed by atoms with van der Waals surface area (Å²) < 4.78 is 0. The van der Waals surface area contributed by atoms with Gasteiger partial charge < -0.3 is 15.3 Å². The summed E-state index contributed by atoms with van der Waals surface area (Å²) in [6.07, 6.45) is 2.55. The molecule has 0 radical (unpaired) electrons. The van der Waals surface area contributed by atoms with Crippen LogP contribution in [-0.4, -0.2) is 36.2 Å². The van der Waals surface area contributed by atoms with Crippen molar-refractivity contribution in [2.45, 2.75) is 45.6 Å². The third kappa shape index (κ3) is 5.38. The average molecular weight is 292 g/mol. The smallest absolute Gasteiger partial charge is 0.323 e. The highest BCUT2D eigenvalue weighted by Crippen LogP contribution is 2.17. The van der Waals surface area contributed by atoms with Crippen LogP contribution in [0.25, 0.3) is 0 Å². The zero-order valence-corrected chi connectivity index (χ0v) is 13.4. The van der Waals surface area contributed by atoms with Gasteiger partial charge in [-0.15, -0.1) is 0 Å². The van der Waals surface area contributed by atoms with Crippen molar-refractivity contribution in [1.29, 1.82) is 0 Å². The third-order valence-corrected chi connectivity index (χ3v) is 3.90. The minimum absolute atomic E-state index is 0.655. The van der Waals surface area contributed by atoms with Gasteiger partial charge in [0.15, 0.2) is 0 Å². The van der Waals surface area contributed by atoms with Crippen molar-refractivity contribution in [3.05, 3.63) is 30.3 Å². The normalized spacial score (nSPS) is 13.7. The highest BCUT2D eigenvalue weighted by molar-refractivity contribution is 5.78. The van der Waals surface area contributed by atoms with Crippen LogP contribution in [0.15, 0.2) is 30.3 Å². The van der Waals surface area contributed by atoms with Gasteiger partial charge in [-0.1, -0.05) is 25.1 Å². The number of likely N-dealkylation sites (N-methyl/N-ethyl adjacent to an activating group) is 1. The summed E-state index contributed by atoms with van der Waals surface area (Å²) >= 11 is 0. The number of nitrogens with one attached hydrogen (secondary N) is 1. The number of unbranched alkanes of at least 4 members (excludes halogenated alkanes) is 1. The maximum absolute atomic E-state index is 11.3. The van der Waals surface area contributed by atoms with Gasteiger partial charge in [0.05, 0.1) is 0 Å². The van der Waals surface area contributed by atoms with Crippen LogP contribution in [0.2, 0.25) is 0 Å². The second kappa shape index (κ2) is 8.67. The van der Waals surface area contributed by atoms with Gasteiger partial charge in [-0.2, -0.15) is 0 Å². The molecule has 1 unspecified atom stereocenters. The number of carboxylic acid groups (broad SMARTS) is 1. The Morgan fingerprint density at radius 3 is 2.43 bits per heavy atom. The van der Waals surface area contributed by atoms with Crippen LogP contribution >= 0.6 is 0 Å². The summed E-state index contributed by atoms with van der Waals surface area (Å²) in [4.78, 5) is 13.7. The molecule has 0 aromatic heterocycles. The molecule has 1 aromatic rings. The highest BCUT2D eigenvalue weighted by Gasteiger charge is 2.31. The number of aliphatic carboxylic acids is 1. The van der Waals surface area contributed by atoms with Crippen LogP contribution < -0.4 is 10.2 Å². The van der Waals surface area contributed by atoms with Crippen LogP contribution in [-0.2, 0) is 4.79 Å². The van der Waals surface area contributed by atoms with E-state index in [9.17, 15) is 9.90 Å². The van der Waals surface area contributed by atoms with E-state index in [0.717, 1.165) is 25.9 Å². The Labute approximate surface area is 128 Å². The number of benzene rings is 1. The Balaban J connectivity index is 2.43. The fourth-order valence-electron chi connectivity index (χ4n) is 2.55. The third-order valence-electron chi connectivity index (χ3n) is 3.90. The standard InChI is InChI=1S/C17H28N2O2/c1-4-18-17(3,16(20)21)13-9-10-14-19(5-2)15-11-7-6-8-12-15/h6-8,11-12,18H,4-5,9-10,13-14H2,1-3H3,(H,20,21). The molecule has 0 saturated carbocycles. The van der Waals surface area contributed by atoms with Crippen LogP contribution in [0.1, 0.15) is 40.0 Å². The molecule has 1 aromatic carbocycles. The van der Waals surface area contributed by atoms with Gasteiger partial charge in [-0.05, 0) is 51.8 Å². The Hall–Kier alpha value is -1.55. The van der Waals surface area contributed by atoms with E-state index in [4.69, 9.17) is 0 Å². The first kappa shape index (κ1) is 17.5. The van der Waals surface area contributed by atoms with Crippen molar-refractivity contribution < 1.29 is 9.90 Å². The molecule has 1 atom stereocenters. The molecular formula is C17H28N2O2. The molecule has 0 spiro atoms. The van der Waals surface area contributed by atoms with Crippen molar-refractivity contribution in [2.75, 3.05) is 24.5 Å². The summed E-state index contributed by atoms with van der Waals surface area (Å²) in [5, 5.41) is 12.4. The molecule has 2 N–H and O–H groups in total. The minimum Gasteiger partial charge on any atom is -0.480 e. The fraction of sp³-hybridized carbons (Fsp3) is 0.588. The van der Waals surface area contributed by atoms with Crippen LogP contribution in [0.3, 0.4) is 0 Å². The maximum Gasteiger partial charge on any atom is 0.323 e. The summed E-state index contributed by atoms with van der Waals surface area (Å²) in [5.74, 6) is -0.764. The number of hydrogen-bond acceptors (Lipinski definition) is 3. The summed E-state index contributed by atoms with van der Waals surface area (Å²) in [6, 6.07) is 10.3. The van der Waals surface area contributed by atoms with Crippen molar-refractivity contribution in [3.63, 3.8) is 0 Å². The second-order valence-corrected chi connectivity index (χ2v) is 5.54. The molecule has 4 heteroatoms. The van der Waals surface area contributed by atoms with Gasteiger partial charge in [0.2, 0.25) is 0 Å². The first-order valence-electron chi connectivity index (χ1n) is 7.82. The SMILES string of the molecule is CCNC(C)(CCCCN(CC)c1ccccc1)C(=O)O. The number of hydrogen-bond donors (Lipinski definition) is 2. The van der Waals surface area contributed by atoms with Crippen LogP contribution in [0.5, 0.6) is 0 Å². The molecule has 1 rings (SSSR count). The lowest BCUT2D eigenvalue weighted by atomic mass is 9.95. The zero-order chi connectivity index (χ0) is 15.7. The summed E-state index contributed by atoms with van der Waals surface area (Å²) in [6.45, 7) is 8.46. The van der Waals surface area contributed by atoms with Gasteiger partial charge in [0.25, 0.3) is 0 Å². The zero-order valence-electron chi connectivity index (χ0n) is 13.4. The van der Waals surface area contributed by atoms with E-state index in [2.05, 4.69) is 29.3 Å². The molecule has 0 aliphatic rings. The van der Waals surface area contributed by atoms with Gasteiger partial charge >= 0.3 is 5.97 Å². The first-order valence-corrected chi connectivity index (χ1v) is 7.82. The van der Waals surface area contributed by atoms with E-state index in [1.165, 1.54) is 5.69 Å². The lowest BCUT2D eigenvalue weighted by molar-refractivity contribution is -0.144. The average Bonchev–Trinajstić information content (AvgIpc) is 2.48. The lowest BCUT2D eigenvalue weighted by Gasteiger charge is -2.27. The second-order valence-electron chi connectivity index (χ2n) is 5.54. The topological polar surface area (TPSA) is 52.6 Å². The number of carboxylic acids is 1. The van der Waals surface area contributed by atoms with E-state index in [0.29, 0.717) is 13.0 Å². The monoisotopic (exact) mass is 292 g/mol. The Kier molecular flexibility index (Phi) is 7.23. The number of nitrogens with zero attached hydrogens (tertiary/aromatic N) is 1. The molecule has 0 saturated heterocycles. The number of para-hydroxylation sites is 1. The van der Waals surface area contributed by atoms with Crippen molar-refractivity contribution in [3.8, 4) is 0 Å². The number of anilines is 1. The Morgan fingerprint density at radius 2 is 1.90 bits per heavy atom. The van der Waals surface area contributed by atoms with Gasteiger partial charge in [-0.3, -0.25) is 4.79 Å². The van der Waals surface area contributed by atoms with E-state index >= 15 is 0 Å². The molecule has 0 heterocycles. The predicted molar refractivity (Wildman–Crippen MR) is 87.9 cm³/mol. The maximum atomic E-state index is 11.3. The van der Waals surface area contributed by atoms with Gasteiger partial charge in [0.1, 0.15) is 5.54 Å². The minimum atomic E-state index is -0.807.